The Balaban J connectivity index is 4.46. The molecule has 0 aromatic heterocycles. The number of carboxylic acid groups (broad SMARTS) is 1. The molecule has 0 radical (unpaired) electrons. The van der Waals surface area contributed by atoms with Crippen molar-refractivity contribution in [2.45, 2.75) is 24.5 Å². The number of thiol groups is 1. The number of carbonyl (C=O) groups excluding carboxylic acids is 3. The van der Waals surface area contributed by atoms with Crippen molar-refractivity contribution in [1.29, 1.82) is 0 Å². The number of carboxylic acids is 1. The van der Waals surface area contributed by atoms with Gasteiger partial charge < -0.3 is 31.9 Å². The van der Waals surface area contributed by atoms with Crippen LogP contribution in [0.25, 0.3) is 0 Å². The van der Waals surface area contributed by atoms with Gasteiger partial charge in [-0.25, -0.2) is 4.79 Å². The smallest absolute Gasteiger partial charge is 0.326 e. The molecule has 0 saturated heterocycles. The van der Waals surface area contributed by atoms with E-state index < -0.39 is 55.0 Å². The molecule has 3 unspecified atom stereocenters. The van der Waals surface area contributed by atoms with E-state index in [1.165, 1.54) is 11.8 Å². The zero-order chi connectivity index (χ0) is 19.4. The molecule has 0 spiro atoms. The van der Waals surface area contributed by atoms with E-state index in [-0.39, 0.29) is 12.2 Å². The van der Waals surface area contributed by atoms with Gasteiger partial charge >= 0.3 is 5.97 Å². The molecule has 0 aliphatic carbocycles. The molecule has 0 saturated carbocycles. The van der Waals surface area contributed by atoms with Crippen LogP contribution in [-0.2, 0) is 19.2 Å². The van der Waals surface area contributed by atoms with Gasteiger partial charge in [-0.3, -0.25) is 14.4 Å². The first-order valence-corrected chi connectivity index (χ1v) is 9.35. The van der Waals surface area contributed by atoms with Crippen molar-refractivity contribution in [1.82, 2.24) is 16.0 Å². The summed E-state index contributed by atoms with van der Waals surface area (Å²) < 4.78 is 0. The van der Waals surface area contributed by atoms with Crippen molar-refractivity contribution in [3.63, 3.8) is 0 Å². The second-order valence-electron chi connectivity index (χ2n) is 4.99. The van der Waals surface area contributed by atoms with Gasteiger partial charge in [-0.2, -0.15) is 24.4 Å². The van der Waals surface area contributed by atoms with Crippen molar-refractivity contribution < 1.29 is 29.4 Å². The van der Waals surface area contributed by atoms with Gasteiger partial charge in [0.15, 0.2) is 0 Å². The number of thioether (sulfide) groups is 1. The molecule has 0 aromatic carbocycles. The van der Waals surface area contributed by atoms with Crippen LogP contribution in [0.2, 0.25) is 0 Å². The van der Waals surface area contributed by atoms with E-state index in [2.05, 4.69) is 28.6 Å². The van der Waals surface area contributed by atoms with Gasteiger partial charge in [0.05, 0.1) is 19.2 Å². The lowest BCUT2D eigenvalue weighted by molar-refractivity contribution is -0.141. The number of nitrogens with one attached hydrogen (secondary N) is 3. The van der Waals surface area contributed by atoms with Crippen molar-refractivity contribution >= 4 is 48.1 Å². The summed E-state index contributed by atoms with van der Waals surface area (Å²) in [6, 6.07) is -3.28. The maximum Gasteiger partial charge on any atom is 0.326 e. The zero-order valence-electron chi connectivity index (χ0n) is 13.7. The van der Waals surface area contributed by atoms with E-state index in [9.17, 15) is 19.2 Å². The molecule has 25 heavy (non-hydrogen) atoms. The molecule has 0 bridgehead atoms. The van der Waals surface area contributed by atoms with Gasteiger partial charge in [0.25, 0.3) is 0 Å². The average molecular weight is 396 g/mol. The second kappa shape index (κ2) is 12.8. The first-order valence-electron chi connectivity index (χ1n) is 7.33. The fourth-order valence-corrected chi connectivity index (χ4v) is 2.22. The van der Waals surface area contributed by atoms with Gasteiger partial charge in [0, 0.05) is 5.75 Å². The van der Waals surface area contributed by atoms with Crippen LogP contribution < -0.4 is 21.7 Å². The highest BCUT2D eigenvalue weighted by molar-refractivity contribution is 7.98. The van der Waals surface area contributed by atoms with Crippen molar-refractivity contribution in [3.05, 3.63) is 0 Å². The largest absolute Gasteiger partial charge is 0.480 e. The summed E-state index contributed by atoms with van der Waals surface area (Å²) >= 11 is 5.29. The van der Waals surface area contributed by atoms with Gasteiger partial charge in [-0.15, -0.1) is 0 Å². The third-order valence-corrected chi connectivity index (χ3v) is 4.05. The SMILES string of the molecule is CSCCC(NC(=O)CNC(=O)C(CO)NC(=O)C(N)CS)C(=O)O. The molecule has 12 heteroatoms. The van der Waals surface area contributed by atoms with E-state index >= 15 is 0 Å². The molecule has 3 amide bonds. The van der Waals surface area contributed by atoms with E-state index in [1.807, 2.05) is 6.26 Å². The van der Waals surface area contributed by atoms with E-state index in [0.717, 1.165) is 0 Å². The standard InChI is InChI=1S/C13H24N4O6S2/c1-25-3-2-8(13(22)23)16-10(19)4-15-12(21)9(5-18)17-11(20)7(14)6-24/h7-9,18,24H,2-6,14H2,1H3,(H,15,21)(H,16,19)(H,17,20)(H,22,23). The fraction of sp³-hybridized carbons (Fsp3) is 0.692. The van der Waals surface area contributed by atoms with Crippen LogP contribution in [0.4, 0.5) is 0 Å². The van der Waals surface area contributed by atoms with Gasteiger partial charge in [-0.1, -0.05) is 0 Å². The monoisotopic (exact) mass is 396 g/mol. The summed E-state index contributed by atoms with van der Waals surface area (Å²) in [5, 5.41) is 24.9. The minimum absolute atomic E-state index is 0.0562. The average Bonchev–Trinajstić information content (AvgIpc) is 2.59. The Morgan fingerprint density at radius 2 is 1.80 bits per heavy atom. The fourth-order valence-electron chi connectivity index (χ4n) is 1.58. The van der Waals surface area contributed by atoms with E-state index in [1.54, 1.807) is 0 Å². The maximum absolute atomic E-state index is 11.9. The number of aliphatic hydroxyl groups is 1. The highest BCUT2D eigenvalue weighted by Crippen LogP contribution is 2.00. The van der Waals surface area contributed by atoms with E-state index in [0.29, 0.717) is 5.75 Å². The van der Waals surface area contributed by atoms with Crippen LogP contribution in [0, 0.1) is 0 Å². The minimum atomic E-state index is -1.28. The van der Waals surface area contributed by atoms with Gasteiger partial charge in [0.1, 0.15) is 12.1 Å². The predicted molar refractivity (Wildman–Crippen MR) is 96.4 cm³/mol. The summed E-state index contributed by atoms with van der Waals surface area (Å²) in [4.78, 5) is 46.2. The van der Waals surface area contributed by atoms with Crippen LogP contribution in [0.15, 0.2) is 0 Å². The Hall–Kier alpha value is -1.50. The molecule has 10 nitrogen and oxygen atoms in total. The molecule has 7 N–H and O–H groups in total. The van der Waals surface area contributed by atoms with Gasteiger partial charge in [0.2, 0.25) is 17.7 Å². The molecule has 144 valence electrons. The number of rotatable bonds is 12. The first-order chi connectivity index (χ1) is 11.8. The van der Waals surface area contributed by atoms with Crippen LogP contribution in [0.3, 0.4) is 0 Å². The van der Waals surface area contributed by atoms with Gasteiger partial charge in [-0.05, 0) is 18.4 Å². The lowest BCUT2D eigenvalue weighted by Gasteiger charge is -2.18. The molecular weight excluding hydrogens is 372 g/mol. The molecule has 0 aliphatic heterocycles. The number of amides is 3. The van der Waals surface area contributed by atoms with Crippen LogP contribution in [0.5, 0.6) is 0 Å². The topological polar surface area (TPSA) is 171 Å². The third kappa shape index (κ3) is 9.53. The zero-order valence-corrected chi connectivity index (χ0v) is 15.4. The number of hydrogen-bond donors (Lipinski definition) is 7. The Labute approximate surface area is 155 Å². The lowest BCUT2D eigenvalue weighted by Crippen LogP contribution is -2.55. The number of hydrogen-bond acceptors (Lipinski definition) is 8. The molecule has 0 aromatic rings. The Morgan fingerprint density at radius 1 is 1.16 bits per heavy atom. The number of nitrogens with two attached hydrogens (primary N) is 1. The summed E-state index contributed by atoms with van der Waals surface area (Å²) in [5.74, 6) is -2.73. The highest BCUT2D eigenvalue weighted by Gasteiger charge is 2.24. The quantitative estimate of drug-likeness (QED) is 0.173. The molecule has 0 rings (SSSR count). The first kappa shape index (κ1) is 23.5. The Morgan fingerprint density at radius 3 is 2.28 bits per heavy atom. The summed E-state index contributed by atoms with van der Waals surface area (Å²) in [6.07, 6.45) is 2.05. The number of carbonyl (C=O) groups is 4. The number of aliphatic hydroxyl groups excluding tert-OH is 1. The molecule has 0 fully saturated rings. The van der Waals surface area contributed by atoms with Crippen molar-refractivity contribution in [2.24, 2.45) is 5.73 Å². The summed E-state index contributed by atoms with van der Waals surface area (Å²) in [6.45, 7) is -1.18. The Kier molecular flexibility index (Phi) is 12.0. The maximum atomic E-state index is 11.9. The normalized spacial score (nSPS) is 14.1. The molecule has 0 heterocycles. The van der Waals surface area contributed by atoms with E-state index in [4.69, 9.17) is 15.9 Å². The Bertz CT molecular complexity index is 479. The second-order valence-corrected chi connectivity index (χ2v) is 6.34. The van der Waals surface area contributed by atoms with Crippen molar-refractivity contribution in [3.8, 4) is 0 Å². The molecule has 0 aliphatic rings. The lowest BCUT2D eigenvalue weighted by atomic mass is 10.2. The van der Waals surface area contributed by atoms with Crippen LogP contribution >= 0.6 is 24.4 Å². The van der Waals surface area contributed by atoms with Crippen LogP contribution in [-0.4, -0.2) is 82.9 Å². The highest BCUT2D eigenvalue weighted by atomic mass is 32.2. The third-order valence-electron chi connectivity index (χ3n) is 3.02. The molecular formula is C13H24N4O6S2. The summed E-state index contributed by atoms with van der Waals surface area (Å²) in [5.41, 5.74) is 5.44. The van der Waals surface area contributed by atoms with Crippen molar-refractivity contribution in [2.75, 3.05) is 30.9 Å². The predicted octanol–water partition coefficient (Wildman–Crippen LogP) is -2.84. The van der Waals surface area contributed by atoms with Crippen LogP contribution in [0.1, 0.15) is 6.42 Å². The molecule has 3 atom stereocenters. The number of aliphatic carboxylic acids is 1. The summed E-state index contributed by atoms with van der Waals surface area (Å²) in [7, 11) is 0. The minimum Gasteiger partial charge on any atom is -0.480 e.